The molecule has 0 unspecified atom stereocenters. The van der Waals surface area contributed by atoms with Gasteiger partial charge in [-0.1, -0.05) is 17.9 Å². The fraction of sp³-hybridized carbons (Fsp3) is 0.182. The van der Waals surface area contributed by atoms with Gasteiger partial charge in [-0.25, -0.2) is 4.79 Å². The summed E-state index contributed by atoms with van der Waals surface area (Å²) in [6.45, 7) is 1.59. The third-order valence-electron chi connectivity index (χ3n) is 1.71. The van der Waals surface area contributed by atoms with Gasteiger partial charge in [0.05, 0.1) is 5.56 Å². The number of carboxylic acids is 1. The molecule has 3 nitrogen and oxygen atoms in total. The maximum absolute atomic E-state index is 10.8. The molecule has 1 aromatic carbocycles. The number of aliphatic hydroxyl groups excluding tert-OH is 1. The number of rotatable bonds is 1. The molecule has 0 aliphatic rings. The highest BCUT2D eigenvalue weighted by molar-refractivity contribution is 5.90. The molecule has 0 saturated heterocycles. The second-order valence-corrected chi connectivity index (χ2v) is 2.81. The molecule has 3 heteroatoms. The highest BCUT2D eigenvalue weighted by atomic mass is 16.4. The van der Waals surface area contributed by atoms with Gasteiger partial charge in [-0.05, 0) is 24.6 Å². The zero-order chi connectivity index (χ0) is 10.6. The van der Waals surface area contributed by atoms with Crippen LogP contribution in [0.3, 0.4) is 0 Å². The zero-order valence-electron chi connectivity index (χ0n) is 7.74. The summed E-state index contributed by atoms with van der Waals surface area (Å²) in [5.41, 5.74) is 1.54. The lowest BCUT2D eigenvalue weighted by molar-refractivity contribution is 0.0696. The average molecular weight is 190 g/mol. The monoisotopic (exact) mass is 190 g/mol. The normalized spacial score (nSPS) is 9.00. The van der Waals surface area contributed by atoms with Gasteiger partial charge in [-0.15, -0.1) is 0 Å². The van der Waals surface area contributed by atoms with Gasteiger partial charge in [0, 0.05) is 5.56 Å². The van der Waals surface area contributed by atoms with Crippen molar-refractivity contribution in [3.8, 4) is 11.8 Å². The predicted molar refractivity (Wildman–Crippen MR) is 52.1 cm³/mol. The van der Waals surface area contributed by atoms with E-state index in [2.05, 4.69) is 11.8 Å². The highest BCUT2D eigenvalue weighted by Gasteiger charge is 2.07. The minimum Gasteiger partial charge on any atom is -0.478 e. The lowest BCUT2D eigenvalue weighted by atomic mass is 10.1. The molecule has 0 spiro atoms. The first kappa shape index (κ1) is 10.3. The van der Waals surface area contributed by atoms with Crippen LogP contribution in [0.15, 0.2) is 18.2 Å². The molecular weight excluding hydrogens is 180 g/mol. The van der Waals surface area contributed by atoms with Crippen molar-refractivity contribution in [1.29, 1.82) is 0 Å². The Kier molecular flexibility index (Phi) is 3.27. The number of aromatic carboxylic acids is 1. The summed E-state index contributed by atoms with van der Waals surface area (Å²) >= 11 is 0. The Bertz CT molecular complexity index is 410. The Morgan fingerprint density at radius 3 is 2.79 bits per heavy atom. The van der Waals surface area contributed by atoms with E-state index < -0.39 is 5.97 Å². The number of aliphatic hydroxyl groups is 1. The van der Waals surface area contributed by atoms with E-state index >= 15 is 0 Å². The third kappa shape index (κ3) is 2.35. The van der Waals surface area contributed by atoms with Crippen molar-refractivity contribution in [3.05, 3.63) is 34.9 Å². The summed E-state index contributed by atoms with van der Waals surface area (Å²) in [7, 11) is 0. The summed E-state index contributed by atoms with van der Waals surface area (Å²) in [6, 6.07) is 4.92. The number of aryl methyl sites for hydroxylation is 1. The molecule has 0 amide bonds. The lowest BCUT2D eigenvalue weighted by Crippen LogP contribution is -2.00. The summed E-state index contributed by atoms with van der Waals surface area (Å²) in [4.78, 5) is 10.8. The molecule has 0 radical (unpaired) electrons. The van der Waals surface area contributed by atoms with E-state index in [0.717, 1.165) is 5.56 Å². The van der Waals surface area contributed by atoms with Crippen LogP contribution in [0.4, 0.5) is 0 Å². The van der Waals surface area contributed by atoms with E-state index in [1.54, 1.807) is 12.1 Å². The molecule has 0 aromatic heterocycles. The van der Waals surface area contributed by atoms with Crippen LogP contribution in [0.2, 0.25) is 0 Å². The largest absolute Gasteiger partial charge is 0.478 e. The van der Waals surface area contributed by atoms with Crippen molar-refractivity contribution in [2.75, 3.05) is 6.61 Å². The minimum absolute atomic E-state index is 0.163. The van der Waals surface area contributed by atoms with Gasteiger partial charge in [0.25, 0.3) is 0 Å². The minimum atomic E-state index is -1.01. The number of hydrogen-bond donors (Lipinski definition) is 2. The molecule has 0 saturated carbocycles. The van der Waals surface area contributed by atoms with Crippen molar-refractivity contribution in [2.45, 2.75) is 6.92 Å². The SMILES string of the molecule is Cc1ccc(C(=O)O)c(C#CCO)c1. The van der Waals surface area contributed by atoms with Gasteiger partial charge in [-0.3, -0.25) is 0 Å². The van der Waals surface area contributed by atoms with E-state index in [0.29, 0.717) is 5.56 Å². The Morgan fingerprint density at radius 1 is 1.50 bits per heavy atom. The van der Waals surface area contributed by atoms with Crippen molar-refractivity contribution in [1.82, 2.24) is 0 Å². The summed E-state index contributed by atoms with van der Waals surface area (Å²) in [5, 5.41) is 17.3. The second-order valence-electron chi connectivity index (χ2n) is 2.81. The number of carboxylic acid groups (broad SMARTS) is 1. The number of hydrogen-bond acceptors (Lipinski definition) is 2. The van der Waals surface area contributed by atoms with E-state index in [1.165, 1.54) is 6.07 Å². The topological polar surface area (TPSA) is 57.5 Å². The molecule has 1 aromatic rings. The van der Waals surface area contributed by atoms with Crippen molar-refractivity contribution in [3.63, 3.8) is 0 Å². The van der Waals surface area contributed by atoms with Crippen LogP contribution in [0.25, 0.3) is 0 Å². The Hall–Kier alpha value is -1.79. The van der Waals surface area contributed by atoms with Crippen LogP contribution in [-0.2, 0) is 0 Å². The molecule has 14 heavy (non-hydrogen) atoms. The van der Waals surface area contributed by atoms with Crippen LogP contribution < -0.4 is 0 Å². The summed E-state index contributed by atoms with van der Waals surface area (Å²) < 4.78 is 0. The summed E-state index contributed by atoms with van der Waals surface area (Å²) in [5.74, 6) is 4.03. The maximum atomic E-state index is 10.8. The van der Waals surface area contributed by atoms with Gasteiger partial charge in [-0.2, -0.15) is 0 Å². The lowest BCUT2D eigenvalue weighted by Gasteiger charge is -1.99. The molecule has 0 atom stereocenters. The second kappa shape index (κ2) is 4.45. The third-order valence-corrected chi connectivity index (χ3v) is 1.71. The fourth-order valence-electron chi connectivity index (χ4n) is 1.08. The van der Waals surface area contributed by atoms with Crippen LogP contribution in [0, 0.1) is 18.8 Å². The molecule has 2 N–H and O–H groups in total. The van der Waals surface area contributed by atoms with Crippen molar-refractivity contribution < 1.29 is 15.0 Å². The first-order valence-corrected chi connectivity index (χ1v) is 4.09. The molecule has 1 rings (SSSR count). The smallest absolute Gasteiger partial charge is 0.336 e. The Balaban J connectivity index is 3.22. The van der Waals surface area contributed by atoms with Crippen LogP contribution in [-0.4, -0.2) is 22.8 Å². The Labute approximate surface area is 82.0 Å². The first-order valence-electron chi connectivity index (χ1n) is 4.09. The maximum Gasteiger partial charge on any atom is 0.336 e. The van der Waals surface area contributed by atoms with E-state index in [1.807, 2.05) is 6.92 Å². The molecule has 72 valence electrons. The van der Waals surface area contributed by atoms with Crippen molar-refractivity contribution >= 4 is 5.97 Å². The predicted octanol–water partition coefficient (Wildman–Crippen LogP) is 1.04. The molecule has 0 aliphatic heterocycles. The number of carbonyl (C=O) groups is 1. The van der Waals surface area contributed by atoms with E-state index in [4.69, 9.17) is 10.2 Å². The van der Waals surface area contributed by atoms with Crippen molar-refractivity contribution in [2.24, 2.45) is 0 Å². The van der Waals surface area contributed by atoms with Crippen LogP contribution >= 0.6 is 0 Å². The highest BCUT2D eigenvalue weighted by Crippen LogP contribution is 2.10. The van der Waals surface area contributed by atoms with Gasteiger partial charge in [0.2, 0.25) is 0 Å². The molecule has 0 fully saturated rings. The number of benzene rings is 1. The molecule has 0 aliphatic carbocycles. The standard InChI is InChI=1S/C11H10O3/c1-8-4-5-10(11(13)14)9(7-8)3-2-6-12/h4-5,7,12H,6H2,1H3,(H,13,14). The van der Waals surface area contributed by atoms with Gasteiger partial charge in [0.15, 0.2) is 0 Å². The first-order chi connectivity index (χ1) is 6.65. The van der Waals surface area contributed by atoms with Crippen LogP contribution in [0.5, 0.6) is 0 Å². The van der Waals surface area contributed by atoms with E-state index in [-0.39, 0.29) is 12.2 Å². The van der Waals surface area contributed by atoms with Gasteiger partial charge in [0.1, 0.15) is 6.61 Å². The van der Waals surface area contributed by atoms with Crippen LogP contribution in [0.1, 0.15) is 21.5 Å². The van der Waals surface area contributed by atoms with Gasteiger partial charge >= 0.3 is 5.97 Å². The average Bonchev–Trinajstić information content (AvgIpc) is 2.14. The molecule has 0 bridgehead atoms. The molecular formula is C11H10O3. The zero-order valence-corrected chi connectivity index (χ0v) is 7.74. The van der Waals surface area contributed by atoms with Gasteiger partial charge < -0.3 is 10.2 Å². The summed E-state index contributed by atoms with van der Waals surface area (Å²) in [6.07, 6.45) is 0. The fourth-order valence-corrected chi connectivity index (χ4v) is 1.08. The molecule has 0 heterocycles. The quantitative estimate of drug-likeness (QED) is 0.650. The Morgan fingerprint density at radius 2 is 2.21 bits per heavy atom. The van der Waals surface area contributed by atoms with E-state index in [9.17, 15) is 4.79 Å².